The third kappa shape index (κ3) is 2.79. The van der Waals surface area contributed by atoms with E-state index in [2.05, 4.69) is 5.32 Å². The minimum atomic E-state index is 0.667. The summed E-state index contributed by atoms with van der Waals surface area (Å²) >= 11 is 0. The molecule has 0 unspecified atom stereocenters. The Morgan fingerprint density at radius 2 is 2.24 bits per heavy atom. The first-order chi connectivity index (χ1) is 8.31. The lowest BCUT2D eigenvalue weighted by molar-refractivity contribution is 0.211. The number of hydrogen-bond donors (Lipinski definition) is 2. The summed E-state index contributed by atoms with van der Waals surface area (Å²) in [6, 6.07) is 9.53. The molecular formula is C13H16N2O2. The molecule has 90 valence electrons. The lowest BCUT2D eigenvalue weighted by atomic mass is 10.1. The summed E-state index contributed by atoms with van der Waals surface area (Å²) in [7, 11) is 1.68. The van der Waals surface area contributed by atoms with Gasteiger partial charge in [-0.15, -0.1) is 0 Å². The van der Waals surface area contributed by atoms with Crippen LogP contribution in [0.2, 0.25) is 0 Å². The molecule has 0 saturated heterocycles. The van der Waals surface area contributed by atoms with Gasteiger partial charge in [-0.3, -0.25) is 0 Å². The van der Waals surface area contributed by atoms with Crippen molar-refractivity contribution in [2.24, 2.45) is 0 Å². The van der Waals surface area contributed by atoms with Crippen LogP contribution >= 0.6 is 0 Å². The van der Waals surface area contributed by atoms with Crippen LogP contribution in [-0.4, -0.2) is 20.3 Å². The van der Waals surface area contributed by atoms with Crippen molar-refractivity contribution in [1.29, 1.82) is 0 Å². The van der Waals surface area contributed by atoms with Gasteiger partial charge in [0.1, 0.15) is 5.76 Å². The van der Waals surface area contributed by atoms with Crippen molar-refractivity contribution >= 4 is 11.4 Å². The third-order valence-corrected chi connectivity index (χ3v) is 2.48. The molecule has 2 aromatic rings. The molecule has 2 rings (SSSR count). The molecule has 1 aromatic carbocycles. The number of methoxy groups -OCH3 is 1. The van der Waals surface area contributed by atoms with Crippen molar-refractivity contribution in [1.82, 2.24) is 0 Å². The molecule has 0 bridgehead atoms. The fraction of sp³-hybridized carbons (Fsp3) is 0.231. The smallest absolute Gasteiger partial charge is 0.135 e. The van der Waals surface area contributed by atoms with E-state index >= 15 is 0 Å². The van der Waals surface area contributed by atoms with Gasteiger partial charge in [0.15, 0.2) is 0 Å². The van der Waals surface area contributed by atoms with Crippen LogP contribution in [0.1, 0.15) is 0 Å². The maximum atomic E-state index is 5.92. The Kier molecular flexibility index (Phi) is 3.67. The van der Waals surface area contributed by atoms with Gasteiger partial charge in [-0.05, 0) is 30.3 Å². The highest BCUT2D eigenvalue weighted by atomic mass is 16.5. The summed E-state index contributed by atoms with van der Waals surface area (Å²) in [6.45, 7) is 1.43. The molecule has 1 aromatic heterocycles. The van der Waals surface area contributed by atoms with E-state index in [9.17, 15) is 0 Å². The number of hydrogen-bond acceptors (Lipinski definition) is 4. The SMILES string of the molecule is COCCNc1ccc(N)c(-c2ccco2)c1. The van der Waals surface area contributed by atoms with E-state index in [0.29, 0.717) is 12.3 Å². The second-order valence-corrected chi connectivity index (χ2v) is 3.70. The van der Waals surface area contributed by atoms with Crippen LogP contribution in [0.3, 0.4) is 0 Å². The lowest BCUT2D eigenvalue weighted by Gasteiger charge is -2.09. The largest absolute Gasteiger partial charge is 0.464 e. The molecule has 0 atom stereocenters. The van der Waals surface area contributed by atoms with Gasteiger partial charge in [0, 0.05) is 30.6 Å². The van der Waals surface area contributed by atoms with Crippen LogP contribution in [0.4, 0.5) is 11.4 Å². The molecule has 0 aliphatic heterocycles. The zero-order valence-electron chi connectivity index (χ0n) is 9.77. The minimum Gasteiger partial charge on any atom is -0.464 e. The maximum absolute atomic E-state index is 5.92. The van der Waals surface area contributed by atoms with Crippen LogP contribution in [0.25, 0.3) is 11.3 Å². The summed E-state index contributed by atoms with van der Waals surface area (Å²) in [5.41, 5.74) is 8.53. The molecule has 3 N–H and O–H groups in total. The number of rotatable bonds is 5. The predicted octanol–water partition coefficient (Wildman–Crippen LogP) is 2.59. The van der Waals surface area contributed by atoms with Gasteiger partial charge in [0.05, 0.1) is 12.9 Å². The third-order valence-electron chi connectivity index (χ3n) is 2.48. The van der Waals surface area contributed by atoms with E-state index in [4.69, 9.17) is 14.9 Å². The summed E-state index contributed by atoms with van der Waals surface area (Å²) in [5, 5.41) is 3.25. The van der Waals surface area contributed by atoms with Crippen molar-refractivity contribution in [3.8, 4) is 11.3 Å². The number of nitrogen functional groups attached to an aromatic ring is 1. The van der Waals surface area contributed by atoms with Gasteiger partial charge in [-0.2, -0.15) is 0 Å². The monoisotopic (exact) mass is 232 g/mol. The van der Waals surface area contributed by atoms with E-state index in [1.165, 1.54) is 0 Å². The summed E-state index contributed by atoms with van der Waals surface area (Å²) in [4.78, 5) is 0. The molecule has 0 aliphatic rings. The predicted molar refractivity (Wildman–Crippen MR) is 68.9 cm³/mol. The normalized spacial score (nSPS) is 10.4. The lowest BCUT2D eigenvalue weighted by Crippen LogP contribution is -2.07. The Labute approximate surface area is 100 Å². The van der Waals surface area contributed by atoms with Crippen LogP contribution in [0.15, 0.2) is 41.0 Å². The van der Waals surface area contributed by atoms with E-state index < -0.39 is 0 Å². The summed E-state index contributed by atoms with van der Waals surface area (Å²) in [5.74, 6) is 0.776. The zero-order valence-corrected chi connectivity index (χ0v) is 9.77. The molecule has 0 aliphatic carbocycles. The number of benzene rings is 1. The highest BCUT2D eigenvalue weighted by Crippen LogP contribution is 2.28. The van der Waals surface area contributed by atoms with Crippen LogP contribution < -0.4 is 11.1 Å². The molecule has 4 nitrogen and oxygen atoms in total. The highest BCUT2D eigenvalue weighted by molar-refractivity contribution is 5.76. The number of ether oxygens (including phenoxy) is 1. The fourth-order valence-corrected chi connectivity index (χ4v) is 1.61. The van der Waals surface area contributed by atoms with Crippen molar-refractivity contribution < 1.29 is 9.15 Å². The molecular weight excluding hydrogens is 216 g/mol. The molecule has 0 spiro atoms. The second kappa shape index (κ2) is 5.41. The van der Waals surface area contributed by atoms with Gasteiger partial charge >= 0.3 is 0 Å². The average molecular weight is 232 g/mol. The molecule has 0 fully saturated rings. The maximum Gasteiger partial charge on any atom is 0.135 e. The average Bonchev–Trinajstić information content (AvgIpc) is 2.85. The molecule has 0 saturated carbocycles. The quantitative estimate of drug-likeness (QED) is 0.614. The topological polar surface area (TPSA) is 60.4 Å². The van der Waals surface area contributed by atoms with Crippen LogP contribution in [0.5, 0.6) is 0 Å². The standard InChI is InChI=1S/C13H16N2O2/c1-16-8-6-15-10-4-5-12(14)11(9-10)13-3-2-7-17-13/h2-5,7,9,15H,6,8,14H2,1H3. The summed E-state index contributed by atoms with van der Waals surface area (Å²) in [6.07, 6.45) is 1.64. The Morgan fingerprint density at radius 1 is 1.35 bits per heavy atom. The van der Waals surface area contributed by atoms with E-state index in [1.807, 2.05) is 30.3 Å². The number of anilines is 2. The molecule has 17 heavy (non-hydrogen) atoms. The molecule has 1 heterocycles. The van der Waals surface area contributed by atoms with Crippen molar-refractivity contribution in [2.75, 3.05) is 31.3 Å². The molecule has 0 amide bonds. The van der Waals surface area contributed by atoms with Crippen molar-refractivity contribution in [3.63, 3.8) is 0 Å². The Bertz CT molecular complexity index is 466. The summed E-state index contributed by atoms with van der Waals surface area (Å²) < 4.78 is 10.3. The van der Waals surface area contributed by atoms with E-state index in [0.717, 1.165) is 23.6 Å². The van der Waals surface area contributed by atoms with Gasteiger partial charge in [-0.1, -0.05) is 0 Å². The van der Waals surface area contributed by atoms with Crippen molar-refractivity contribution in [3.05, 3.63) is 36.6 Å². The Balaban J connectivity index is 2.18. The van der Waals surface area contributed by atoms with Gasteiger partial charge < -0.3 is 20.2 Å². The fourth-order valence-electron chi connectivity index (χ4n) is 1.61. The van der Waals surface area contributed by atoms with E-state index in [1.54, 1.807) is 13.4 Å². The van der Waals surface area contributed by atoms with Crippen LogP contribution in [0, 0.1) is 0 Å². The number of nitrogens with one attached hydrogen (secondary N) is 1. The number of nitrogens with two attached hydrogens (primary N) is 1. The van der Waals surface area contributed by atoms with E-state index in [-0.39, 0.29) is 0 Å². The molecule has 4 heteroatoms. The van der Waals surface area contributed by atoms with Crippen molar-refractivity contribution in [2.45, 2.75) is 0 Å². The van der Waals surface area contributed by atoms with Gasteiger partial charge in [0.25, 0.3) is 0 Å². The zero-order chi connectivity index (χ0) is 12.1. The number of furan rings is 1. The first kappa shape index (κ1) is 11.5. The first-order valence-corrected chi connectivity index (χ1v) is 5.47. The van der Waals surface area contributed by atoms with Gasteiger partial charge in [0.2, 0.25) is 0 Å². The Morgan fingerprint density at radius 3 is 2.94 bits per heavy atom. The molecule has 0 radical (unpaired) electrons. The van der Waals surface area contributed by atoms with Gasteiger partial charge in [-0.25, -0.2) is 0 Å². The minimum absolute atomic E-state index is 0.667. The second-order valence-electron chi connectivity index (χ2n) is 3.70. The highest BCUT2D eigenvalue weighted by Gasteiger charge is 2.06. The van der Waals surface area contributed by atoms with Crippen LogP contribution in [-0.2, 0) is 4.74 Å². The first-order valence-electron chi connectivity index (χ1n) is 5.47. The Hall–Kier alpha value is -1.94.